The Kier molecular flexibility index (Phi) is 3.29. The lowest BCUT2D eigenvalue weighted by molar-refractivity contribution is -0.136. The highest BCUT2D eigenvalue weighted by Crippen LogP contribution is 2.18. The molecule has 0 aliphatic carbocycles. The van der Waals surface area contributed by atoms with E-state index in [4.69, 9.17) is 4.84 Å². The molecule has 0 aromatic heterocycles. The first-order valence-corrected chi connectivity index (χ1v) is 6.21. The van der Waals surface area contributed by atoms with Gasteiger partial charge < -0.3 is 10.2 Å². The Morgan fingerprint density at radius 1 is 0.950 bits per heavy atom. The van der Waals surface area contributed by atoms with Gasteiger partial charge >= 0.3 is 5.97 Å². The molecule has 1 aliphatic heterocycles. The molecule has 0 radical (unpaired) electrons. The summed E-state index contributed by atoms with van der Waals surface area (Å²) in [6.07, 6.45) is 1.62. The first-order valence-electron chi connectivity index (χ1n) is 6.21. The van der Waals surface area contributed by atoms with E-state index in [1.54, 1.807) is 6.20 Å². The van der Waals surface area contributed by atoms with E-state index in [0.717, 1.165) is 11.3 Å². The zero-order chi connectivity index (χ0) is 13.8. The Balaban J connectivity index is 1.87. The molecule has 0 unspecified atom stereocenters. The van der Waals surface area contributed by atoms with Crippen LogP contribution in [-0.2, 0) is 9.63 Å². The summed E-state index contributed by atoms with van der Waals surface area (Å²) in [6.45, 7) is 0. The number of hydrogen-bond acceptors (Lipinski definition) is 4. The van der Waals surface area contributed by atoms with Gasteiger partial charge in [-0.2, -0.15) is 0 Å². The van der Waals surface area contributed by atoms with E-state index in [1.165, 1.54) is 0 Å². The maximum Gasteiger partial charge on any atom is 0.369 e. The highest BCUT2D eigenvalue weighted by Gasteiger charge is 2.26. The molecule has 3 rings (SSSR count). The number of oxime groups is 1. The van der Waals surface area contributed by atoms with Crippen LogP contribution in [0.3, 0.4) is 0 Å². The summed E-state index contributed by atoms with van der Waals surface area (Å²) in [5, 5.41) is 6.91. The first-order chi connectivity index (χ1) is 9.84. The van der Waals surface area contributed by atoms with Crippen molar-refractivity contribution in [3.8, 4) is 0 Å². The SMILES string of the molecule is O=C1ON=C(c2ccccc2)/C1=C/Nc1ccccc1. The summed E-state index contributed by atoms with van der Waals surface area (Å²) in [7, 11) is 0. The molecule has 0 atom stereocenters. The molecule has 0 saturated carbocycles. The highest BCUT2D eigenvalue weighted by atomic mass is 16.7. The van der Waals surface area contributed by atoms with Crippen molar-refractivity contribution < 1.29 is 9.63 Å². The number of nitrogens with zero attached hydrogens (tertiary/aromatic N) is 1. The van der Waals surface area contributed by atoms with E-state index >= 15 is 0 Å². The van der Waals surface area contributed by atoms with Crippen LogP contribution in [0, 0.1) is 0 Å². The molecule has 1 aliphatic rings. The third kappa shape index (κ3) is 2.44. The van der Waals surface area contributed by atoms with Crippen molar-refractivity contribution in [2.75, 3.05) is 5.32 Å². The molecule has 0 bridgehead atoms. The minimum Gasteiger partial charge on any atom is -0.361 e. The van der Waals surface area contributed by atoms with Crippen LogP contribution < -0.4 is 5.32 Å². The predicted molar refractivity (Wildman–Crippen MR) is 77.2 cm³/mol. The van der Waals surface area contributed by atoms with Gasteiger partial charge in [-0.15, -0.1) is 0 Å². The lowest BCUT2D eigenvalue weighted by Gasteiger charge is -2.02. The van der Waals surface area contributed by atoms with Gasteiger partial charge in [0.2, 0.25) is 0 Å². The standard InChI is InChI=1S/C16H12N2O2/c19-16-14(11-17-13-9-5-2-6-10-13)15(18-20-16)12-7-3-1-4-8-12/h1-11,17H/b14-11-. The van der Waals surface area contributed by atoms with Gasteiger partial charge in [-0.3, -0.25) is 0 Å². The number of anilines is 1. The third-order valence-electron chi connectivity index (χ3n) is 2.90. The van der Waals surface area contributed by atoms with Crippen molar-refractivity contribution in [3.05, 3.63) is 78.0 Å². The fourth-order valence-corrected chi connectivity index (χ4v) is 1.90. The monoisotopic (exact) mass is 264 g/mol. The molecule has 1 heterocycles. The maximum absolute atomic E-state index is 11.7. The van der Waals surface area contributed by atoms with E-state index in [1.807, 2.05) is 60.7 Å². The molecule has 0 spiro atoms. The minimum absolute atomic E-state index is 0.417. The normalized spacial score (nSPS) is 15.9. The second kappa shape index (κ2) is 5.40. The Hall–Kier alpha value is -2.88. The van der Waals surface area contributed by atoms with Gasteiger partial charge in [0.05, 0.1) is 0 Å². The minimum atomic E-state index is -0.452. The smallest absolute Gasteiger partial charge is 0.361 e. The summed E-state index contributed by atoms with van der Waals surface area (Å²) < 4.78 is 0. The number of para-hydroxylation sites is 1. The van der Waals surface area contributed by atoms with Crippen LogP contribution in [0.1, 0.15) is 5.56 Å². The number of carbonyl (C=O) groups is 1. The second-order valence-electron chi connectivity index (χ2n) is 4.25. The van der Waals surface area contributed by atoms with E-state index in [-0.39, 0.29) is 0 Å². The zero-order valence-electron chi connectivity index (χ0n) is 10.6. The van der Waals surface area contributed by atoms with Crippen LogP contribution in [-0.4, -0.2) is 11.7 Å². The summed E-state index contributed by atoms with van der Waals surface area (Å²) in [4.78, 5) is 16.5. The first kappa shape index (κ1) is 12.2. The van der Waals surface area contributed by atoms with Crippen molar-refractivity contribution in [3.63, 3.8) is 0 Å². The molecular formula is C16H12N2O2. The largest absolute Gasteiger partial charge is 0.369 e. The van der Waals surface area contributed by atoms with Crippen LogP contribution in [0.2, 0.25) is 0 Å². The Bertz CT molecular complexity index is 676. The molecule has 2 aromatic carbocycles. The van der Waals surface area contributed by atoms with Crippen molar-refractivity contribution in [1.82, 2.24) is 0 Å². The fourth-order valence-electron chi connectivity index (χ4n) is 1.90. The van der Waals surface area contributed by atoms with E-state index in [9.17, 15) is 4.79 Å². The number of hydrogen-bond donors (Lipinski definition) is 1. The number of nitrogens with one attached hydrogen (secondary N) is 1. The van der Waals surface area contributed by atoms with Gasteiger partial charge in [-0.1, -0.05) is 53.7 Å². The van der Waals surface area contributed by atoms with Crippen LogP contribution in [0.4, 0.5) is 5.69 Å². The van der Waals surface area contributed by atoms with Crippen molar-refractivity contribution in [1.29, 1.82) is 0 Å². The predicted octanol–water partition coefficient (Wildman–Crippen LogP) is 2.94. The average molecular weight is 264 g/mol. The van der Waals surface area contributed by atoms with Crippen molar-refractivity contribution >= 4 is 17.4 Å². The van der Waals surface area contributed by atoms with Crippen molar-refractivity contribution in [2.24, 2.45) is 5.16 Å². The van der Waals surface area contributed by atoms with Gasteiger partial charge in [0.25, 0.3) is 0 Å². The van der Waals surface area contributed by atoms with Crippen LogP contribution in [0.15, 0.2) is 77.6 Å². The lowest BCUT2D eigenvalue weighted by Crippen LogP contribution is -2.09. The Labute approximate surface area is 116 Å². The van der Waals surface area contributed by atoms with Crippen LogP contribution in [0.5, 0.6) is 0 Å². The van der Waals surface area contributed by atoms with Gasteiger partial charge in [-0.25, -0.2) is 4.79 Å². The zero-order valence-corrected chi connectivity index (χ0v) is 10.6. The molecule has 0 saturated heterocycles. The molecule has 20 heavy (non-hydrogen) atoms. The number of benzene rings is 2. The molecule has 0 fully saturated rings. The number of rotatable bonds is 3. The van der Waals surface area contributed by atoms with Gasteiger partial charge in [0.1, 0.15) is 11.3 Å². The van der Waals surface area contributed by atoms with Gasteiger partial charge in [0, 0.05) is 17.5 Å². The summed E-state index contributed by atoms with van der Waals surface area (Å²) in [5.74, 6) is -0.452. The van der Waals surface area contributed by atoms with Crippen molar-refractivity contribution in [2.45, 2.75) is 0 Å². The van der Waals surface area contributed by atoms with Gasteiger partial charge in [-0.05, 0) is 12.1 Å². The molecular weight excluding hydrogens is 252 g/mol. The van der Waals surface area contributed by atoms with E-state index in [0.29, 0.717) is 11.3 Å². The summed E-state index contributed by atoms with van der Waals surface area (Å²) in [5.41, 5.74) is 2.70. The lowest BCUT2D eigenvalue weighted by atomic mass is 10.0. The summed E-state index contributed by atoms with van der Waals surface area (Å²) >= 11 is 0. The molecule has 4 heteroatoms. The molecule has 98 valence electrons. The Morgan fingerprint density at radius 3 is 2.30 bits per heavy atom. The molecule has 1 N–H and O–H groups in total. The quantitative estimate of drug-likeness (QED) is 0.685. The third-order valence-corrected chi connectivity index (χ3v) is 2.90. The number of carbonyl (C=O) groups excluding carboxylic acids is 1. The molecule has 2 aromatic rings. The highest BCUT2D eigenvalue weighted by molar-refractivity contribution is 6.28. The van der Waals surface area contributed by atoms with Crippen LogP contribution >= 0.6 is 0 Å². The van der Waals surface area contributed by atoms with E-state index < -0.39 is 5.97 Å². The maximum atomic E-state index is 11.7. The van der Waals surface area contributed by atoms with E-state index in [2.05, 4.69) is 10.5 Å². The second-order valence-corrected chi connectivity index (χ2v) is 4.25. The van der Waals surface area contributed by atoms with Crippen LogP contribution in [0.25, 0.3) is 0 Å². The summed E-state index contributed by atoms with van der Waals surface area (Å²) in [6, 6.07) is 19.1. The molecule has 4 nitrogen and oxygen atoms in total. The fraction of sp³-hybridized carbons (Fsp3) is 0. The molecule has 0 amide bonds. The average Bonchev–Trinajstić information content (AvgIpc) is 2.88. The Morgan fingerprint density at radius 2 is 1.60 bits per heavy atom. The van der Waals surface area contributed by atoms with Gasteiger partial charge in [0.15, 0.2) is 0 Å². The topological polar surface area (TPSA) is 50.7 Å².